The molecule has 9 nitrogen and oxygen atoms in total. The number of carbonyl (C=O) groups is 2. The first-order valence-corrected chi connectivity index (χ1v) is 8.73. The minimum absolute atomic E-state index is 0.0162. The summed E-state index contributed by atoms with van der Waals surface area (Å²) in [4.78, 5) is 45.8. The number of carboxylic acid groups (broad SMARTS) is 1. The molecule has 2 aliphatic rings. The van der Waals surface area contributed by atoms with E-state index >= 15 is 0 Å². The lowest BCUT2D eigenvalue weighted by Crippen LogP contribution is -2.25. The van der Waals surface area contributed by atoms with Crippen LogP contribution in [0.5, 0.6) is 0 Å². The zero-order chi connectivity index (χ0) is 20.0. The lowest BCUT2D eigenvalue weighted by molar-refractivity contribution is -0.109. The first kappa shape index (κ1) is 18.1. The van der Waals surface area contributed by atoms with E-state index in [1.165, 1.54) is 13.3 Å². The van der Waals surface area contributed by atoms with Gasteiger partial charge in [-0.05, 0) is 18.9 Å². The van der Waals surface area contributed by atoms with Crippen LogP contribution < -0.4 is 10.3 Å². The smallest absolute Gasteiger partial charge is 0.341 e. The first-order valence-electron chi connectivity index (χ1n) is 8.73. The van der Waals surface area contributed by atoms with E-state index in [9.17, 15) is 23.9 Å². The van der Waals surface area contributed by atoms with Gasteiger partial charge in [-0.15, -0.1) is 0 Å². The first-order chi connectivity index (χ1) is 13.4. The van der Waals surface area contributed by atoms with Gasteiger partial charge < -0.3 is 24.2 Å². The number of halogens is 1. The largest absolute Gasteiger partial charge is 0.477 e. The summed E-state index contributed by atoms with van der Waals surface area (Å²) in [6.45, 7) is 0.343. The Bertz CT molecular complexity index is 1080. The molecule has 0 amide bonds. The highest BCUT2D eigenvalue weighted by Crippen LogP contribution is 2.37. The predicted octanol–water partition coefficient (Wildman–Crippen LogP) is 1.21. The fourth-order valence-corrected chi connectivity index (χ4v) is 3.46. The molecule has 28 heavy (non-hydrogen) atoms. The fourth-order valence-electron chi connectivity index (χ4n) is 3.46. The highest BCUT2D eigenvalue weighted by molar-refractivity contribution is 6.03. The number of pyridine rings is 2. The summed E-state index contributed by atoms with van der Waals surface area (Å²) in [5.74, 6) is -2.69. The summed E-state index contributed by atoms with van der Waals surface area (Å²) in [5.41, 5.74) is -0.496. The Kier molecular flexibility index (Phi) is 4.33. The van der Waals surface area contributed by atoms with E-state index in [0.29, 0.717) is 5.71 Å². The molecule has 1 unspecified atom stereocenters. The number of aromatic carboxylic acids is 1. The maximum absolute atomic E-state index is 14.8. The molecule has 3 heterocycles. The van der Waals surface area contributed by atoms with E-state index < -0.39 is 28.7 Å². The average Bonchev–Trinajstić information content (AvgIpc) is 3.42. The van der Waals surface area contributed by atoms with Gasteiger partial charge in [0.05, 0.1) is 23.6 Å². The molecule has 0 aromatic carbocycles. The molecule has 1 aliphatic heterocycles. The van der Waals surface area contributed by atoms with Gasteiger partial charge in [0, 0.05) is 18.8 Å². The normalized spacial score (nSPS) is 20.7. The number of anilines is 1. The number of rotatable bonds is 5. The van der Waals surface area contributed by atoms with Crippen molar-refractivity contribution < 1.29 is 23.9 Å². The van der Waals surface area contributed by atoms with Crippen molar-refractivity contribution in [3.8, 4) is 0 Å². The SMILES string of the molecule is CO/N=C1\CN(c2nc3c(cc2F)c(=O)c(C(=O)O)cn3C2CC2)CC1C=O. The lowest BCUT2D eigenvalue weighted by atomic mass is 10.1. The Hall–Kier alpha value is -3.30. The minimum atomic E-state index is -1.36. The van der Waals surface area contributed by atoms with Crippen LogP contribution in [-0.2, 0) is 9.63 Å². The van der Waals surface area contributed by atoms with E-state index in [0.717, 1.165) is 25.2 Å². The Balaban J connectivity index is 1.87. The summed E-state index contributed by atoms with van der Waals surface area (Å²) in [7, 11) is 1.36. The number of oxime groups is 1. The van der Waals surface area contributed by atoms with Crippen molar-refractivity contribution in [3.05, 3.63) is 33.9 Å². The third-order valence-corrected chi connectivity index (χ3v) is 4.98. The zero-order valence-corrected chi connectivity index (χ0v) is 15.0. The van der Waals surface area contributed by atoms with Crippen LogP contribution in [-0.4, -0.2) is 52.8 Å². The maximum atomic E-state index is 14.8. The van der Waals surface area contributed by atoms with E-state index in [1.54, 1.807) is 9.47 Å². The summed E-state index contributed by atoms with van der Waals surface area (Å²) in [5, 5.41) is 13.0. The number of nitrogens with zero attached hydrogens (tertiary/aromatic N) is 4. The standard InChI is InChI=1S/C18H17FN4O5/c1-28-21-14-7-22(5-9(14)8-24)17-13(19)4-11-15(25)12(18(26)27)6-23(10-2-3-10)16(11)20-17/h4,6,8-10H,2-3,5,7H2,1H3,(H,26,27)/b21-14+. The molecule has 2 fully saturated rings. The minimum Gasteiger partial charge on any atom is -0.477 e. The van der Waals surface area contributed by atoms with Crippen LogP contribution in [0.3, 0.4) is 0 Å². The second-order valence-electron chi connectivity index (χ2n) is 6.87. The molecular weight excluding hydrogens is 371 g/mol. The van der Waals surface area contributed by atoms with E-state index in [4.69, 9.17) is 4.84 Å². The van der Waals surface area contributed by atoms with Crippen molar-refractivity contribution in [2.45, 2.75) is 18.9 Å². The second kappa shape index (κ2) is 6.70. The van der Waals surface area contributed by atoms with Gasteiger partial charge >= 0.3 is 5.97 Å². The lowest BCUT2D eigenvalue weighted by Gasteiger charge is -2.19. The van der Waals surface area contributed by atoms with Gasteiger partial charge in [-0.3, -0.25) is 4.79 Å². The van der Waals surface area contributed by atoms with Gasteiger partial charge in [0.25, 0.3) is 0 Å². The van der Waals surface area contributed by atoms with Crippen LogP contribution in [0.1, 0.15) is 29.2 Å². The third kappa shape index (κ3) is 2.90. The topological polar surface area (TPSA) is 114 Å². The average molecular weight is 388 g/mol. The maximum Gasteiger partial charge on any atom is 0.341 e. The van der Waals surface area contributed by atoms with Crippen molar-refractivity contribution in [1.82, 2.24) is 9.55 Å². The summed E-state index contributed by atoms with van der Waals surface area (Å²) in [6.07, 6.45) is 3.64. The van der Waals surface area contributed by atoms with Gasteiger partial charge in [0.2, 0.25) is 5.43 Å². The molecule has 1 saturated carbocycles. The fraction of sp³-hybridized carbons (Fsp3) is 0.389. The number of aldehydes is 1. The number of carboxylic acids is 1. The molecule has 4 rings (SSSR count). The highest BCUT2D eigenvalue weighted by Gasteiger charge is 2.33. The van der Waals surface area contributed by atoms with Gasteiger partial charge in [-0.1, -0.05) is 5.16 Å². The van der Waals surface area contributed by atoms with Crippen molar-refractivity contribution >= 4 is 34.8 Å². The van der Waals surface area contributed by atoms with Gasteiger partial charge in [-0.25, -0.2) is 14.2 Å². The summed E-state index contributed by atoms with van der Waals surface area (Å²) in [6, 6.07) is 1.05. The Morgan fingerprint density at radius 3 is 2.82 bits per heavy atom. The molecule has 1 aliphatic carbocycles. The van der Waals surface area contributed by atoms with E-state index in [1.807, 2.05) is 0 Å². The molecule has 0 bridgehead atoms. The molecular formula is C18H17FN4O5. The number of carbonyl (C=O) groups excluding carboxylic acids is 1. The Labute approximate surface area is 158 Å². The van der Waals surface area contributed by atoms with Gasteiger partial charge in [-0.2, -0.15) is 0 Å². The van der Waals surface area contributed by atoms with Gasteiger partial charge in [0.1, 0.15) is 24.6 Å². The zero-order valence-electron chi connectivity index (χ0n) is 15.0. The molecule has 146 valence electrons. The van der Waals surface area contributed by atoms with Crippen LogP contribution in [0.2, 0.25) is 0 Å². The monoisotopic (exact) mass is 388 g/mol. The molecule has 1 N–H and O–H groups in total. The van der Waals surface area contributed by atoms with Crippen molar-refractivity contribution in [3.63, 3.8) is 0 Å². The number of hydrogen-bond acceptors (Lipinski definition) is 7. The van der Waals surface area contributed by atoms with Crippen LogP contribution in [0.25, 0.3) is 11.0 Å². The van der Waals surface area contributed by atoms with Crippen LogP contribution in [0.15, 0.2) is 22.2 Å². The van der Waals surface area contributed by atoms with Crippen molar-refractivity contribution in [2.24, 2.45) is 11.1 Å². The summed E-state index contributed by atoms with van der Waals surface area (Å²) >= 11 is 0. The molecule has 1 saturated heterocycles. The van der Waals surface area contributed by atoms with E-state index in [2.05, 4.69) is 10.1 Å². The molecule has 0 spiro atoms. The summed E-state index contributed by atoms with van der Waals surface area (Å²) < 4.78 is 16.4. The quantitative estimate of drug-likeness (QED) is 0.605. The molecule has 2 aromatic heterocycles. The second-order valence-corrected chi connectivity index (χ2v) is 6.87. The van der Waals surface area contributed by atoms with Gasteiger partial charge in [0.15, 0.2) is 11.6 Å². The Morgan fingerprint density at radius 1 is 1.46 bits per heavy atom. The molecule has 1 atom stereocenters. The third-order valence-electron chi connectivity index (χ3n) is 4.98. The highest BCUT2D eigenvalue weighted by atomic mass is 19.1. The predicted molar refractivity (Wildman–Crippen MR) is 97.4 cm³/mol. The van der Waals surface area contributed by atoms with E-state index in [-0.39, 0.29) is 36.0 Å². The number of aromatic nitrogens is 2. The molecule has 10 heteroatoms. The number of hydrogen-bond donors (Lipinski definition) is 1. The molecule has 2 aromatic rings. The van der Waals surface area contributed by atoms with Crippen LogP contribution in [0.4, 0.5) is 10.2 Å². The van der Waals surface area contributed by atoms with Crippen molar-refractivity contribution in [2.75, 3.05) is 25.1 Å². The number of fused-ring (bicyclic) bond motifs is 1. The van der Waals surface area contributed by atoms with Crippen molar-refractivity contribution in [1.29, 1.82) is 0 Å². The Morgan fingerprint density at radius 2 is 2.21 bits per heavy atom. The van der Waals surface area contributed by atoms with Crippen LogP contribution in [0, 0.1) is 11.7 Å². The molecule has 0 radical (unpaired) electrons. The van der Waals surface area contributed by atoms with Crippen LogP contribution >= 0.6 is 0 Å².